The number of aromatic nitrogens is 4. The third kappa shape index (κ3) is 1.99. The first-order valence-corrected chi connectivity index (χ1v) is 6.87. The fraction of sp³-hybridized carbons (Fsp3) is 0.214. The Labute approximate surface area is 125 Å². The summed E-state index contributed by atoms with van der Waals surface area (Å²) >= 11 is 5.94. The number of halogens is 1. The van der Waals surface area contributed by atoms with E-state index in [2.05, 4.69) is 15.2 Å². The first-order valence-electron chi connectivity index (χ1n) is 6.49. The highest BCUT2D eigenvalue weighted by Gasteiger charge is 2.27. The van der Waals surface area contributed by atoms with E-state index in [-0.39, 0.29) is 6.10 Å². The summed E-state index contributed by atoms with van der Waals surface area (Å²) in [5.41, 5.74) is 0.643. The van der Waals surface area contributed by atoms with Crippen molar-refractivity contribution in [2.24, 2.45) is 0 Å². The second-order valence-corrected chi connectivity index (χ2v) is 5.13. The Hall–Kier alpha value is -2.34. The molecule has 4 rings (SSSR count). The predicted molar refractivity (Wildman–Crippen MR) is 75.8 cm³/mol. The Balaban J connectivity index is 1.78. The van der Waals surface area contributed by atoms with Gasteiger partial charge in [-0.05, 0) is 19.1 Å². The maximum atomic E-state index is 5.96. The van der Waals surface area contributed by atoms with Crippen molar-refractivity contribution in [3.8, 4) is 11.5 Å². The van der Waals surface area contributed by atoms with Crippen LogP contribution in [-0.2, 0) is 0 Å². The van der Waals surface area contributed by atoms with Gasteiger partial charge in [-0.3, -0.25) is 4.40 Å². The average molecular weight is 303 g/mol. The van der Waals surface area contributed by atoms with E-state index in [9.17, 15) is 0 Å². The van der Waals surface area contributed by atoms with Gasteiger partial charge in [0.1, 0.15) is 17.6 Å². The number of fused-ring (bicyclic) bond motifs is 2. The molecule has 0 N–H and O–H groups in total. The molecule has 1 aromatic carbocycles. The van der Waals surface area contributed by atoms with E-state index in [1.54, 1.807) is 6.07 Å². The van der Waals surface area contributed by atoms with Gasteiger partial charge in [-0.15, -0.1) is 10.2 Å². The molecule has 0 amide bonds. The predicted octanol–water partition coefficient (Wildman–Crippen LogP) is 2.60. The molecule has 1 aliphatic heterocycles. The second kappa shape index (κ2) is 4.60. The van der Waals surface area contributed by atoms with E-state index >= 15 is 0 Å². The van der Waals surface area contributed by atoms with Crippen LogP contribution < -0.4 is 9.47 Å². The van der Waals surface area contributed by atoms with Gasteiger partial charge in [-0.2, -0.15) is 0 Å². The highest BCUT2D eigenvalue weighted by Crippen LogP contribution is 2.35. The summed E-state index contributed by atoms with van der Waals surface area (Å²) in [6.45, 7) is 2.23. The summed E-state index contributed by atoms with van der Waals surface area (Å²) in [5, 5.41) is 8.72. The number of aryl methyl sites for hydroxylation is 1. The minimum absolute atomic E-state index is 0.337. The molecule has 0 saturated heterocycles. The Morgan fingerprint density at radius 3 is 2.90 bits per heavy atom. The molecule has 21 heavy (non-hydrogen) atoms. The summed E-state index contributed by atoms with van der Waals surface area (Å²) in [6.07, 6.45) is -0.337. The Bertz CT molecular complexity index is 833. The highest BCUT2D eigenvalue weighted by atomic mass is 35.5. The van der Waals surface area contributed by atoms with Crippen molar-refractivity contribution in [2.45, 2.75) is 13.0 Å². The minimum atomic E-state index is -0.337. The van der Waals surface area contributed by atoms with Crippen LogP contribution in [-0.4, -0.2) is 26.2 Å². The molecule has 3 heterocycles. The number of benzene rings is 1. The molecule has 1 atom stereocenters. The molecule has 0 saturated carbocycles. The minimum Gasteiger partial charge on any atom is -0.485 e. The van der Waals surface area contributed by atoms with E-state index in [1.807, 2.05) is 35.6 Å². The van der Waals surface area contributed by atoms with Gasteiger partial charge < -0.3 is 9.47 Å². The van der Waals surface area contributed by atoms with E-state index in [0.29, 0.717) is 34.8 Å². The molecule has 106 valence electrons. The quantitative estimate of drug-likeness (QED) is 0.647. The summed E-state index contributed by atoms with van der Waals surface area (Å²) in [6, 6.07) is 9.22. The third-order valence-electron chi connectivity index (χ3n) is 3.35. The first kappa shape index (κ1) is 12.4. The Kier molecular flexibility index (Phi) is 2.71. The third-order valence-corrected chi connectivity index (χ3v) is 3.54. The van der Waals surface area contributed by atoms with Crippen molar-refractivity contribution in [3.05, 3.63) is 47.1 Å². The molecule has 2 aromatic heterocycles. The summed E-state index contributed by atoms with van der Waals surface area (Å²) in [4.78, 5) is 4.23. The van der Waals surface area contributed by atoms with Crippen molar-refractivity contribution in [1.29, 1.82) is 0 Å². The molecular weight excluding hydrogens is 292 g/mol. The zero-order valence-electron chi connectivity index (χ0n) is 11.2. The van der Waals surface area contributed by atoms with E-state index < -0.39 is 0 Å². The van der Waals surface area contributed by atoms with E-state index in [0.717, 1.165) is 5.75 Å². The number of para-hydroxylation sites is 2. The molecular formula is C14H11ClN4O2. The average Bonchev–Trinajstić information content (AvgIpc) is 2.90. The highest BCUT2D eigenvalue weighted by molar-refractivity contribution is 6.29. The first-order chi connectivity index (χ1) is 10.2. The topological polar surface area (TPSA) is 61.5 Å². The molecule has 0 radical (unpaired) electrons. The molecule has 7 heteroatoms. The zero-order chi connectivity index (χ0) is 14.4. The summed E-state index contributed by atoms with van der Waals surface area (Å²) in [7, 11) is 0. The van der Waals surface area contributed by atoms with Crippen molar-refractivity contribution >= 4 is 17.2 Å². The summed E-state index contributed by atoms with van der Waals surface area (Å²) < 4.78 is 13.5. The van der Waals surface area contributed by atoms with Crippen LogP contribution >= 0.6 is 11.6 Å². The normalized spacial score (nSPS) is 17.1. The summed E-state index contributed by atoms with van der Waals surface area (Å²) in [5.74, 6) is 2.80. The van der Waals surface area contributed by atoms with E-state index in [4.69, 9.17) is 21.1 Å². The SMILES string of the molecule is Cc1nc(Cl)cc2nnc(C3COc4ccccc4O3)n12. The fourth-order valence-corrected chi connectivity index (χ4v) is 2.65. The molecule has 1 unspecified atom stereocenters. The molecule has 0 bridgehead atoms. The smallest absolute Gasteiger partial charge is 0.192 e. The van der Waals surface area contributed by atoms with Crippen LogP contribution in [0.1, 0.15) is 17.8 Å². The molecule has 0 aliphatic carbocycles. The monoisotopic (exact) mass is 302 g/mol. The Morgan fingerprint density at radius 2 is 2.05 bits per heavy atom. The molecule has 3 aromatic rings. The molecule has 0 spiro atoms. The van der Waals surface area contributed by atoms with Crippen LogP contribution in [0.5, 0.6) is 11.5 Å². The van der Waals surface area contributed by atoms with Crippen LogP contribution in [0.25, 0.3) is 5.65 Å². The fourth-order valence-electron chi connectivity index (χ4n) is 2.43. The van der Waals surface area contributed by atoms with Crippen molar-refractivity contribution in [3.63, 3.8) is 0 Å². The standard InChI is InChI=1S/C14H11ClN4O2/c1-8-16-12(15)6-13-17-18-14(19(8)13)11-7-20-9-4-2-3-5-10(9)21-11/h2-6,11H,7H2,1H3. The van der Waals surface area contributed by atoms with Gasteiger partial charge in [-0.25, -0.2) is 4.98 Å². The second-order valence-electron chi connectivity index (χ2n) is 4.74. The maximum absolute atomic E-state index is 5.96. The van der Waals surface area contributed by atoms with Gasteiger partial charge in [-0.1, -0.05) is 23.7 Å². The van der Waals surface area contributed by atoms with E-state index in [1.165, 1.54) is 0 Å². The number of ether oxygens (including phenoxy) is 2. The Morgan fingerprint density at radius 1 is 1.24 bits per heavy atom. The number of hydrogen-bond donors (Lipinski definition) is 0. The lowest BCUT2D eigenvalue weighted by Gasteiger charge is -2.25. The molecule has 1 aliphatic rings. The number of rotatable bonds is 1. The van der Waals surface area contributed by atoms with Crippen molar-refractivity contribution in [1.82, 2.24) is 19.6 Å². The van der Waals surface area contributed by atoms with Crippen LogP contribution in [0.2, 0.25) is 5.15 Å². The van der Waals surface area contributed by atoms with Crippen LogP contribution in [0.3, 0.4) is 0 Å². The maximum Gasteiger partial charge on any atom is 0.192 e. The van der Waals surface area contributed by atoms with Gasteiger partial charge in [0.15, 0.2) is 29.1 Å². The van der Waals surface area contributed by atoms with Gasteiger partial charge in [0.2, 0.25) is 0 Å². The van der Waals surface area contributed by atoms with Gasteiger partial charge >= 0.3 is 0 Å². The largest absolute Gasteiger partial charge is 0.485 e. The lowest BCUT2D eigenvalue weighted by Crippen LogP contribution is -2.24. The van der Waals surface area contributed by atoms with Crippen LogP contribution in [0, 0.1) is 6.92 Å². The van der Waals surface area contributed by atoms with Gasteiger partial charge in [0, 0.05) is 6.07 Å². The van der Waals surface area contributed by atoms with Crippen LogP contribution in [0.4, 0.5) is 0 Å². The van der Waals surface area contributed by atoms with Gasteiger partial charge in [0.25, 0.3) is 0 Å². The lowest BCUT2D eigenvalue weighted by atomic mass is 10.2. The zero-order valence-corrected chi connectivity index (χ0v) is 11.9. The number of hydrogen-bond acceptors (Lipinski definition) is 5. The van der Waals surface area contributed by atoms with Gasteiger partial charge in [0.05, 0.1) is 0 Å². The van der Waals surface area contributed by atoms with Crippen LogP contribution in [0.15, 0.2) is 30.3 Å². The number of nitrogens with zero attached hydrogens (tertiary/aromatic N) is 4. The molecule has 6 nitrogen and oxygen atoms in total. The van der Waals surface area contributed by atoms with Crippen molar-refractivity contribution < 1.29 is 9.47 Å². The molecule has 0 fully saturated rings. The lowest BCUT2D eigenvalue weighted by molar-refractivity contribution is 0.0841. The van der Waals surface area contributed by atoms with Crippen molar-refractivity contribution in [2.75, 3.05) is 6.61 Å².